The Balaban J connectivity index is 1.87. The lowest BCUT2D eigenvalue weighted by atomic mass is 10.1. The minimum Gasteiger partial charge on any atom is -0.507 e. The zero-order chi connectivity index (χ0) is 15.9. The van der Waals surface area contributed by atoms with Crippen LogP contribution in [0.15, 0.2) is 36.5 Å². The third kappa shape index (κ3) is 4.00. The normalized spacial score (nSPS) is 15.1. The quantitative estimate of drug-likeness (QED) is 0.679. The topological polar surface area (TPSA) is 70.1 Å². The third-order valence-corrected chi connectivity index (χ3v) is 3.45. The molecule has 6 nitrogen and oxygen atoms in total. The lowest BCUT2D eigenvalue weighted by Gasteiger charge is -2.33. The Hall–Kier alpha value is -2.50. The molecule has 1 aliphatic heterocycles. The van der Waals surface area contributed by atoms with Crippen molar-refractivity contribution in [2.75, 3.05) is 32.8 Å². The number of phenols is 1. The molecule has 0 aliphatic carbocycles. The van der Waals surface area contributed by atoms with Gasteiger partial charge in [0.1, 0.15) is 5.75 Å². The van der Waals surface area contributed by atoms with Crippen molar-refractivity contribution in [2.45, 2.75) is 6.92 Å². The molecule has 0 aromatic heterocycles. The summed E-state index contributed by atoms with van der Waals surface area (Å²) in [4.78, 5) is 27.2. The Morgan fingerprint density at radius 2 is 1.91 bits per heavy atom. The molecule has 22 heavy (non-hydrogen) atoms. The third-order valence-electron chi connectivity index (χ3n) is 3.45. The second kappa shape index (κ2) is 7.49. The number of para-hydroxylation sites is 1. The second-order valence-electron chi connectivity index (χ2n) is 4.92. The number of ether oxygens (including phenoxy) is 1. The summed E-state index contributed by atoms with van der Waals surface area (Å²) in [6.07, 6.45) is 2.85. The van der Waals surface area contributed by atoms with E-state index in [1.807, 2.05) is 4.90 Å². The molecule has 0 radical (unpaired) electrons. The van der Waals surface area contributed by atoms with Gasteiger partial charge in [-0.2, -0.15) is 0 Å². The summed E-state index contributed by atoms with van der Waals surface area (Å²) < 4.78 is 4.95. The first kappa shape index (κ1) is 15.9. The van der Waals surface area contributed by atoms with E-state index in [4.69, 9.17) is 4.74 Å². The molecular formula is C16H20N2O4. The van der Waals surface area contributed by atoms with Crippen LogP contribution in [0.1, 0.15) is 17.3 Å². The minimum atomic E-state index is -0.295. The van der Waals surface area contributed by atoms with E-state index >= 15 is 0 Å². The van der Waals surface area contributed by atoms with Gasteiger partial charge in [0, 0.05) is 38.5 Å². The van der Waals surface area contributed by atoms with Crippen LogP contribution in [0.25, 0.3) is 0 Å². The average molecular weight is 304 g/mol. The van der Waals surface area contributed by atoms with Gasteiger partial charge in [-0.3, -0.25) is 4.79 Å². The maximum atomic E-state index is 12.0. The summed E-state index contributed by atoms with van der Waals surface area (Å²) >= 11 is 0. The Morgan fingerprint density at radius 3 is 2.55 bits per heavy atom. The highest BCUT2D eigenvalue weighted by atomic mass is 16.6. The number of benzene rings is 1. The van der Waals surface area contributed by atoms with Gasteiger partial charge in [0.2, 0.25) is 0 Å². The number of carbonyl (C=O) groups excluding carboxylic acids is 2. The molecular weight excluding hydrogens is 284 g/mol. The maximum Gasteiger partial charge on any atom is 0.409 e. The molecule has 1 fully saturated rings. The lowest BCUT2D eigenvalue weighted by molar-refractivity contribution is 0.0885. The van der Waals surface area contributed by atoms with Crippen molar-refractivity contribution in [1.29, 1.82) is 0 Å². The van der Waals surface area contributed by atoms with E-state index < -0.39 is 0 Å². The number of ketones is 1. The van der Waals surface area contributed by atoms with Crippen LogP contribution in [0.3, 0.4) is 0 Å². The molecule has 0 bridgehead atoms. The number of hydrogen-bond acceptors (Lipinski definition) is 5. The molecule has 0 atom stereocenters. The smallest absolute Gasteiger partial charge is 0.409 e. The summed E-state index contributed by atoms with van der Waals surface area (Å²) in [5, 5.41) is 9.64. The Morgan fingerprint density at radius 1 is 1.23 bits per heavy atom. The number of aromatic hydroxyl groups is 1. The van der Waals surface area contributed by atoms with Crippen molar-refractivity contribution in [3.63, 3.8) is 0 Å². The monoisotopic (exact) mass is 304 g/mol. The number of nitrogens with zero attached hydrogens (tertiary/aromatic N) is 2. The van der Waals surface area contributed by atoms with Crippen molar-refractivity contribution in [2.24, 2.45) is 0 Å². The molecule has 1 aromatic carbocycles. The van der Waals surface area contributed by atoms with Crippen molar-refractivity contribution >= 4 is 11.9 Å². The van der Waals surface area contributed by atoms with Gasteiger partial charge >= 0.3 is 6.09 Å². The largest absolute Gasteiger partial charge is 0.507 e. The summed E-state index contributed by atoms with van der Waals surface area (Å²) in [6.45, 7) is 4.56. The number of rotatable bonds is 4. The first-order valence-electron chi connectivity index (χ1n) is 7.28. The Labute approximate surface area is 129 Å². The van der Waals surface area contributed by atoms with E-state index in [0.29, 0.717) is 32.8 Å². The van der Waals surface area contributed by atoms with Crippen LogP contribution in [0.5, 0.6) is 5.75 Å². The Bertz CT molecular complexity index is 563. The molecule has 6 heteroatoms. The summed E-state index contributed by atoms with van der Waals surface area (Å²) in [5.41, 5.74) is 0.281. The standard InChI is InChI=1S/C16H20N2O4/c1-2-22-16(21)18-11-9-17(10-12-18)8-7-15(20)13-5-3-4-6-14(13)19/h3-8,19H,2,9-12H2,1H3/b8-7+. The first-order valence-corrected chi connectivity index (χ1v) is 7.28. The van der Waals surface area contributed by atoms with E-state index in [-0.39, 0.29) is 23.2 Å². The van der Waals surface area contributed by atoms with Gasteiger partial charge in [0.25, 0.3) is 0 Å². The molecule has 1 N–H and O–H groups in total. The van der Waals surface area contributed by atoms with Gasteiger partial charge in [0.15, 0.2) is 5.78 Å². The van der Waals surface area contributed by atoms with Gasteiger partial charge < -0.3 is 19.6 Å². The van der Waals surface area contributed by atoms with Gasteiger partial charge in [0.05, 0.1) is 12.2 Å². The molecule has 1 amide bonds. The van der Waals surface area contributed by atoms with Crippen LogP contribution < -0.4 is 0 Å². The zero-order valence-corrected chi connectivity index (χ0v) is 12.6. The SMILES string of the molecule is CCOC(=O)N1CCN(/C=C/C(=O)c2ccccc2O)CC1. The average Bonchev–Trinajstić information content (AvgIpc) is 2.54. The number of allylic oxidation sites excluding steroid dienone is 1. The number of phenolic OH excluding ortho intramolecular Hbond substituents is 1. The fraction of sp³-hybridized carbons (Fsp3) is 0.375. The van der Waals surface area contributed by atoms with E-state index in [2.05, 4.69) is 0 Å². The highest BCUT2D eigenvalue weighted by Crippen LogP contribution is 2.16. The minimum absolute atomic E-state index is 0.0238. The van der Waals surface area contributed by atoms with Crippen molar-refractivity contribution in [3.8, 4) is 5.75 Å². The zero-order valence-electron chi connectivity index (χ0n) is 12.6. The number of hydrogen-bond donors (Lipinski definition) is 1. The summed E-state index contributed by atoms with van der Waals surface area (Å²) in [6, 6.07) is 6.45. The van der Waals surface area contributed by atoms with E-state index in [9.17, 15) is 14.7 Å². The van der Waals surface area contributed by atoms with Crippen molar-refractivity contribution in [3.05, 3.63) is 42.1 Å². The molecule has 1 aromatic rings. The molecule has 1 heterocycles. The van der Waals surface area contributed by atoms with Crippen LogP contribution in [-0.4, -0.2) is 59.6 Å². The molecule has 0 unspecified atom stereocenters. The first-order chi connectivity index (χ1) is 10.6. The second-order valence-corrected chi connectivity index (χ2v) is 4.92. The highest BCUT2D eigenvalue weighted by molar-refractivity contribution is 6.06. The molecule has 118 valence electrons. The molecule has 1 saturated heterocycles. The molecule has 0 saturated carbocycles. The van der Waals surface area contributed by atoms with Gasteiger partial charge in [-0.25, -0.2) is 4.79 Å². The van der Waals surface area contributed by atoms with Gasteiger partial charge in [-0.1, -0.05) is 12.1 Å². The number of amides is 1. The van der Waals surface area contributed by atoms with Crippen LogP contribution in [0, 0.1) is 0 Å². The lowest BCUT2D eigenvalue weighted by Crippen LogP contribution is -2.47. The van der Waals surface area contributed by atoms with E-state index in [1.54, 1.807) is 36.2 Å². The van der Waals surface area contributed by atoms with E-state index in [1.165, 1.54) is 12.1 Å². The predicted octanol–water partition coefficient (Wildman–Crippen LogP) is 1.86. The van der Waals surface area contributed by atoms with Crippen LogP contribution >= 0.6 is 0 Å². The summed E-state index contributed by atoms with van der Waals surface area (Å²) in [5.74, 6) is -0.268. The number of carbonyl (C=O) groups is 2. The maximum absolute atomic E-state index is 12.0. The highest BCUT2D eigenvalue weighted by Gasteiger charge is 2.20. The van der Waals surface area contributed by atoms with Gasteiger partial charge in [-0.15, -0.1) is 0 Å². The number of piperazine rings is 1. The molecule has 2 rings (SSSR count). The van der Waals surface area contributed by atoms with Crippen molar-refractivity contribution < 1.29 is 19.4 Å². The fourth-order valence-electron chi connectivity index (χ4n) is 2.21. The van der Waals surface area contributed by atoms with E-state index in [0.717, 1.165) is 0 Å². The van der Waals surface area contributed by atoms with Crippen LogP contribution in [0.4, 0.5) is 4.79 Å². The fourth-order valence-corrected chi connectivity index (χ4v) is 2.21. The molecule has 1 aliphatic rings. The summed E-state index contributed by atoms with van der Waals surface area (Å²) in [7, 11) is 0. The molecule has 0 spiro atoms. The Kier molecular flexibility index (Phi) is 5.41. The van der Waals surface area contributed by atoms with Crippen LogP contribution in [0.2, 0.25) is 0 Å². The van der Waals surface area contributed by atoms with Crippen LogP contribution in [-0.2, 0) is 4.74 Å². The van der Waals surface area contributed by atoms with Crippen molar-refractivity contribution in [1.82, 2.24) is 9.80 Å². The van der Waals surface area contributed by atoms with Gasteiger partial charge in [-0.05, 0) is 19.1 Å². The predicted molar refractivity (Wildman–Crippen MR) is 81.7 cm³/mol.